The Bertz CT molecular complexity index is 715. The topological polar surface area (TPSA) is 75.6 Å². The minimum Gasteiger partial charge on any atom is -0.507 e. The van der Waals surface area contributed by atoms with Crippen molar-refractivity contribution in [3.8, 4) is 5.75 Å². The van der Waals surface area contributed by atoms with Gasteiger partial charge in [-0.05, 0) is 31.2 Å². The fraction of sp³-hybridized carbons (Fsp3) is 0.125. The molecule has 2 N–H and O–H groups in total. The number of phenolic OH excluding ortho intramolecular Hbond substituents is 1. The normalized spacial score (nSPS) is 10.1. The first-order valence-electron chi connectivity index (χ1n) is 6.48. The number of para-hydroxylation sites is 1. The van der Waals surface area contributed by atoms with Crippen molar-refractivity contribution in [3.05, 3.63) is 58.6 Å². The summed E-state index contributed by atoms with van der Waals surface area (Å²) in [6.07, 6.45) is 0. The van der Waals surface area contributed by atoms with E-state index in [1.54, 1.807) is 37.3 Å². The fourth-order valence-corrected chi connectivity index (χ4v) is 1.95. The van der Waals surface area contributed by atoms with Crippen LogP contribution in [0.25, 0.3) is 0 Å². The van der Waals surface area contributed by atoms with E-state index in [1.807, 2.05) is 0 Å². The summed E-state index contributed by atoms with van der Waals surface area (Å²) in [4.78, 5) is 23.6. The Labute approximate surface area is 132 Å². The number of phenols is 1. The molecule has 0 spiro atoms. The highest BCUT2D eigenvalue weighted by Gasteiger charge is 2.15. The van der Waals surface area contributed by atoms with Gasteiger partial charge in [0.2, 0.25) is 0 Å². The summed E-state index contributed by atoms with van der Waals surface area (Å²) in [5.74, 6) is -1.48. The van der Waals surface area contributed by atoms with E-state index >= 15 is 0 Å². The van der Waals surface area contributed by atoms with Gasteiger partial charge in [0.15, 0.2) is 6.61 Å². The number of rotatable bonds is 4. The molecule has 0 aromatic heterocycles. The van der Waals surface area contributed by atoms with Gasteiger partial charge in [-0.3, -0.25) is 4.79 Å². The van der Waals surface area contributed by atoms with Crippen molar-refractivity contribution in [1.29, 1.82) is 0 Å². The number of nitrogens with one attached hydrogen (secondary N) is 1. The number of carbonyl (C=O) groups is 2. The number of ether oxygens (including phenoxy) is 1. The van der Waals surface area contributed by atoms with Crippen LogP contribution in [0.2, 0.25) is 5.02 Å². The molecular formula is C16H14ClNO4. The third kappa shape index (κ3) is 3.99. The molecule has 2 rings (SSSR count). The number of amides is 1. The summed E-state index contributed by atoms with van der Waals surface area (Å²) in [5.41, 5.74) is 1.25. The Kier molecular flexibility index (Phi) is 5.01. The largest absolute Gasteiger partial charge is 0.507 e. The number of hydrogen-bond acceptors (Lipinski definition) is 4. The lowest BCUT2D eigenvalue weighted by Gasteiger charge is -2.09. The van der Waals surface area contributed by atoms with E-state index in [9.17, 15) is 14.7 Å². The molecule has 22 heavy (non-hydrogen) atoms. The van der Waals surface area contributed by atoms with Gasteiger partial charge in [-0.2, -0.15) is 0 Å². The molecule has 0 fully saturated rings. The second-order valence-corrected chi connectivity index (χ2v) is 5.03. The Morgan fingerprint density at radius 1 is 1.23 bits per heavy atom. The highest BCUT2D eigenvalue weighted by molar-refractivity contribution is 6.33. The highest BCUT2D eigenvalue weighted by atomic mass is 35.5. The first-order valence-corrected chi connectivity index (χ1v) is 6.86. The molecule has 0 heterocycles. The maximum Gasteiger partial charge on any atom is 0.342 e. The van der Waals surface area contributed by atoms with Crippen molar-refractivity contribution < 1.29 is 19.4 Å². The minimum atomic E-state index is -0.768. The van der Waals surface area contributed by atoms with E-state index in [-0.39, 0.29) is 11.3 Å². The minimum absolute atomic E-state index is 0.0190. The van der Waals surface area contributed by atoms with Gasteiger partial charge in [0, 0.05) is 0 Å². The van der Waals surface area contributed by atoms with Crippen LogP contribution in [0.1, 0.15) is 15.9 Å². The maximum atomic E-state index is 11.9. The average Bonchev–Trinajstić information content (AvgIpc) is 2.49. The monoisotopic (exact) mass is 319 g/mol. The first kappa shape index (κ1) is 15.9. The van der Waals surface area contributed by atoms with Crippen LogP contribution < -0.4 is 5.32 Å². The maximum absolute atomic E-state index is 11.9. The number of halogens is 1. The number of benzene rings is 2. The van der Waals surface area contributed by atoms with Gasteiger partial charge < -0.3 is 15.2 Å². The van der Waals surface area contributed by atoms with E-state index in [2.05, 4.69) is 5.32 Å². The Morgan fingerprint density at radius 2 is 1.95 bits per heavy atom. The molecule has 114 valence electrons. The van der Waals surface area contributed by atoms with Crippen LogP contribution in [0.4, 0.5) is 5.69 Å². The second kappa shape index (κ2) is 6.95. The molecule has 0 saturated carbocycles. The number of carbonyl (C=O) groups excluding carboxylic acids is 2. The van der Waals surface area contributed by atoms with E-state index in [0.717, 1.165) is 5.56 Å². The van der Waals surface area contributed by atoms with Crippen LogP contribution in [0.15, 0.2) is 42.5 Å². The van der Waals surface area contributed by atoms with Crippen LogP contribution in [-0.2, 0) is 9.53 Å². The number of aryl methyl sites for hydroxylation is 1. The lowest BCUT2D eigenvalue weighted by atomic mass is 10.1. The molecule has 2 aromatic rings. The molecule has 6 heteroatoms. The molecule has 0 aliphatic heterocycles. The van der Waals surface area contributed by atoms with Gasteiger partial charge in [0.25, 0.3) is 5.91 Å². The molecular weight excluding hydrogens is 306 g/mol. The number of aromatic hydroxyl groups is 1. The van der Waals surface area contributed by atoms with Crippen molar-refractivity contribution in [3.63, 3.8) is 0 Å². The zero-order valence-electron chi connectivity index (χ0n) is 11.8. The van der Waals surface area contributed by atoms with Crippen LogP contribution in [0.5, 0.6) is 5.75 Å². The molecule has 0 aliphatic carbocycles. The van der Waals surface area contributed by atoms with E-state index in [1.165, 1.54) is 12.1 Å². The van der Waals surface area contributed by atoms with Gasteiger partial charge >= 0.3 is 5.97 Å². The zero-order valence-corrected chi connectivity index (χ0v) is 12.6. The number of hydrogen-bond donors (Lipinski definition) is 2. The smallest absolute Gasteiger partial charge is 0.342 e. The highest BCUT2D eigenvalue weighted by Crippen LogP contribution is 2.21. The van der Waals surface area contributed by atoms with Gasteiger partial charge in [-0.15, -0.1) is 0 Å². The molecule has 0 unspecified atom stereocenters. The van der Waals surface area contributed by atoms with Crippen LogP contribution >= 0.6 is 11.6 Å². The van der Waals surface area contributed by atoms with E-state index < -0.39 is 18.5 Å². The van der Waals surface area contributed by atoms with Crippen LogP contribution in [-0.4, -0.2) is 23.6 Å². The van der Waals surface area contributed by atoms with Gasteiger partial charge in [-0.1, -0.05) is 35.4 Å². The van der Waals surface area contributed by atoms with Crippen molar-refractivity contribution in [2.75, 3.05) is 11.9 Å². The van der Waals surface area contributed by atoms with Gasteiger partial charge in [-0.25, -0.2) is 4.79 Å². The average molecular weight is 320 g/mol. The first-order chi connectivity index (χ1) is 10.5. The van der Waals surface area contributed by atoms with Gasteiger partial charge in [0.1, 0.15) is 11.3 Å². The summed E-state index contributed by atoms with van der Waals surface area (Å²) in [6, 6.07) is 11.3. The number of esters is 1. The quantitative estimate of drug-likeness (QED) is 0.849. The molecule has 0 atom stereocenters. The summed E-state index contributed by atoms with van der Waals surface area (Å²) in [7, 11) is 0. The predicted octanol–water partition coefficient (Wildman–Crippen LogP) is 3.15. The molecule has 0 radical (unpaired) electrons. The molecule has 0 bridgehead atoms. The van der Waals surface area contributed by atoms with Gasteiger partial charge in [0.05, 0.1) is 10.7 Å². The van der Waals surface area contributed by atoms with E-state index in [4.69, 9.17) is 16.3 Å². The summed E-state index contributed by atoms with van der Waals surface area (Å²) >= 11 is 5.91. The molecule has 0 saturated heterocycles. The lowest BCUT2D eigenvalue weighted by molar-refractivity contribution is -0.119. The molecule has 2 aromatic carbocycles. The molecule has 0 aliphatic rings. The fourth-order valence-electron chi connectivity index (χ4n) is 1.77. The van der Waals surface area contributed by atoms with Crippen molar-refractivity contribution in [1.82, 2.24) is 0 Å². The van der Waals surface area contributed by atoms with Crippen molar-refractivity contribution in [2.24, 2.45) is 0 Å². The third-order valence-electron chi connectivity index (χ3n) is 2.85. The number of anilines is 1. The molecule has 1 amide bonds. The lowest BCUT2D eigenvalue weighted by Crippen LogP contribution is -2.21. The second-order valence-electron chi connectivity index (χ2n) is 4.62. The Balaban J connectivity index is 1.95. The standard InChI is InChI=1S/C16H14ClNO4/c1-10-6-7-14(19)11(8-10)16(21)22-9-15(20)18-13-5-3-2-4-12(13)17/h2-8,19H,9H2,1H3,(H,18,20). The van der Waals surface area contributed by atoms with Crippen molar-refractivity contribution in [2.45, 2.75) is 6.92 Å². The van der Waals surface area contributed by atoms with Crippen LogP contribution in [0, 0.1) is 6.92 Å². The summed E-state index contributed by atoms with van der Waals surface area (Å²) < 4.78 is 4.88. The summed E-state index contributed by atoms with van der Waals surface area (Å²) in [6.45, 7) is 1.30. The SMILES string of the molecule is Cc1ccc(O)c(C(=O)OCC(=O)Nc2ccccc2Cl)c1. The zero-order chi connectivity index (χ0) is 16.1. The molecule has 5 nitrogen and oxygen atoms in total. The van der Waals surface area contributed by atoms with Crippen molar-refractivity contribution >= 4 is 29.2 Å². The Hall–Kier alpha value is -2.53. The summed E-state index contributed by atoms with van der Waals surface area (Å²) in [5, 5.41) is 12.5. The third-order valence-corrected chi connectivity index (χ3v) is 3.18. The predicted molar refractivity (Wildman–Crippen MR) is 83.2 cm³/mol. The van der Waals surface area contributed by atoms with E-state index in [0.29, 0.717) is 10.7 Å². The Morgan fingerprint density at radius 3 is 2.68 bits per heavy atom. The van der Waals surface area contributed by atoms with Crippen LogP contribution in [0.3, 0.4) is 0 Å².